The zero-order valence-electron chi connectivity index (χ0n) is 20.4. The lowest BCUT2D eigenvalue weighted by atomic mass is 9.86. The normalized spacial score (nSPS) is 29.9. The molecule has 0 spiro atoms. The summed E-state index contributed by atoms with van der Waals surface area (Å²) in [5.74, 6) is -0.0433. The van der Waals surface area contributed by atoms with E-state index < -0.39 is 35.5 Å². The maximum absolute atomic E-state index is 14.8. The van der Waals surface area contributed by atoms with Crippen molar-refractivity contribution in [3.8, 4) is 0 Å². The van der Waals surface area contributed by atoms with Gasteiger partial charge in [-0.05, 0) is 38.4 Å². The Hall–Kier alpha value is -2.68. The quantitative estimate of drug-likeness (QED) is 0.368. The van der Waals surface area contributed by atoms with Crippen molar-refractivity contribution in [1.82, 2.24) is 10.2 Å². The molecule has 1 aromatic rings. The molecular weight excluding hydrogens is 460 g/mol. The Morgan fingerprint density at radius 1 is 1.37 bits per heavy atom. The number of amides is 1. The molecule has 0 radical (unpaired) electrons. The van der Waals surface area contributed by atoms with E-state index in [1.165, 1.54) is 0 Å². The third-order valence-corrected chi connectivity index (χ3v) is 7.42. The summed E-state index contributed by atoms with van der Waals surface area (Å²) in [5.41, 5.74) is 1.15. The number of nitrogens with one attached hydrogen (secondary N) is 2. The molecule has 4 rings (SSSR count). The van der Waals surface area contributed by atoms with Crippen LogP contribution in [-0.4, -0.2) is 72.2 Å². The van der Waals surface area contributed by atoms with Crippen LogP contribution in [0, 0.1) is 0 Å². The first-order valence-corrected chi connectivity index (χ1v) is 11.9. The van der Waals surface area contributed by atoms with E-state index in [-0.39, 0.29) is 5.91 Å². The molecule has 4 atom stereocenters. The smallest absolute Gasteiger partial charge is 0.379 e. The van der Waals surface area contributed by atoms with Gasteiger partial charge in [0.05, 0.1) is 23.6 Å². The minimum atomic E-state index is -4.57. The number of allylic oxidation sites excluding steroid dienone is 1. The predicted molar refractivity (Wildman–Crippen MR) is 129 cm³/mol. The lowest BCUT2D eigenvalue weighted by molar-refractivity contribution is -0.540. The number of hydrogen-bond acceptors (Lipinski definition) is 3. The van der Waals surface area contributed by atoms with Crippen LogP contribution in [0.2, 0.25) is 0 Å². The number of likely N-dealkylation sites (N-methyl/N-ethyl adjacent to an activating group) is 1. The number of piperidine rings is 1. The van der Waals surface area contributed by atoms with E-state index in [1.807, 2.05) is 31.0 Å². The molecule has 35 heavy (non-hydrogen) atoms. The van der Waals surface area contributed by atoms with Crippen molar-refractivity contribution in [2.45, 2.75) is 62.6 Å². The van der Waals surface area contributed by atoms with Crippen molar-refractivity contribution in [1.29, 1.82) is 0 Å². The molecule has 1 aromatic carbocycles. The van der Waals surface area contributed by atoms with Crippen LogP contribution in [0.3, 0.4) is 0 Å². The second-order valence-electron chi connectivity index (χ2n) is 10.2. The zero-order chi connectivity index (χ0) is 25.5. The fraction of sp³-hybridized carbons (Fsp3) is 0.538. The maximum atomic E-state index is 14.8. The number of benzene rings is 1. The van der Waals surface area contributed by atoms with Crippen LogP contribution >= 0.6 is 0 Å². The highest BCUT2D eigenvalue weighted by Crippen LogP contribution is 2.42. The predicted octanol–water partition coefficient (Wildman–Crippen LogP) is 4.16. The number of fused-ring (bicyclic) bond motifs is 1. The topological polar surface area (TPSA) is 47.4 Å². The van der Waals surface area contributed by atoms with E-state index in [4.69, 9.17) is 0 Å². The van der Waals surface area contributed by atoms with Crippen LogP contribution in [0.15, 0.2) is 42.5 Å². The molecule has 1 amide bonds. The molecular formula is C26H33F4N4O+. The summed E-state index contributed by atoms with van der Waals surface area (Å²) in [6.45, 7) is 6.37. The standard InChI is InChI=1S/C26H32F4N4O/c1-16(26(28,29)30)24-18-6-5-7-21(31-22-10-13-33(3)15-20(22)27)19(18)14-17(34(24)4)8-11-25(2)12-9-23(35)32-25/h5-8,11,20,22,24,31H,1,9-10,12-15H2,2-4H3/p+1/b11-8+/t20-,22+,24?,25?/m0/s1. The summed E-state index contributed by atoms with van der Waals surface area (Å²) >= 11 is 0. The molecule has 9 heteroatoms. The molecule has 0 aromatic heterocycles. The van der Waals surface area contributed by atoms with E-state index in [1.54, 1.807) is 29.8 Å². The molecule has 190 valence electrons. The molecule has 2 saturated heterocycles. The molecule has 3 aliphatic rings. The first kappa shape index (κ1) is 25.4. The van der Waals surface area contributed by atoms with Crippen LogP contribution in [-0.2, 0) is 11.2 Å². The van der Waals surface area contributed by atoms with Gasteiger partial charge >= 0.3 is 6.18 Å². The van der Waals surface area contributed by atoms with E-state index in [9.17, 15) is 22.4 Å². The van der Waals surface area contributed by atoms with E-state index in [2.05, 4.69) is 17.2 Å². The van der Waals surface area contributed by atoms with Crippen LogP contribution in [0.5, 0.6) is 0 Å². The molecule has 0 bridgehead atoms. The summed E-state index contributed by atoms with van der Waals surface area (Å²) < 4.78 is 57.9. The number of carbonyl (C=O) groups is 1. The van der Waals surface area contributed by atoms with E-state index in [0.29, 0.717) is 54.8 Å². The number of likely N-dealkylation sites (tertiary alicyclic amines) is 1. The third-order valence-electron chi connectivity index (χ3n) is 7.42. The average Bonchev–Trinajstić information content (AvgIpc) is 3.12. The number of carbonyl (C=O) groups excluding carboxylic acids is 1. The second-order valence-corrected chi connectivity index (χ2v) is 10.2. The van der Waals surface area contributed by atoms with Gasteiger partial charge in [0.25, 0.3) is 0 Å². The van der Waals surface area contributed by atoms with Crippen LogP contribution in [0.4, 0.5) is 23.2 Å². The van der Waals surface area contributed by atoms with Crippen molar-refractivity contribution in [2.24, 2.45) is 0 Å². The van der Waals surface area contributed by atoms with Crippen LogP contribution < -0.4 is 10.6 Å². The fourth-order valence-corrected chi connectivity index (χ4v) is 5.27. The lowest BCUT2D eigenvalue weighted by Gasteiger charge is -2.34. The highest BCUT2D eigenvalue weighted by molar-refractivity contribution is 5.95. The van der Waals surface area contributed by atoms with Crippen LogP contribution in [0.25, 0.3) is 0 Å². The van der Waals surface area contributed by atoms with Gasteiger partial charge in [-0.3, -0.25) is 4.79 Å². The Morgan fingerprint density at radius 3 is 2.74 bits per heavy atom. The van der Waals surface area contributed by atoms with Gasteiger partial charge < -0.3 is 15.5 Å². The lowest BCUT2D eigenvalue weighted by Crippen LogP contribution is -2.46. The monoisotopic (exact) mass is 493 g/mol. The summed E-state index contributed by atoms with van der Waals surface area (Å²) in [6.07, 6.45) is 0.0190. The van der Waals surface area contributed by atoms with Crippen molar-refractivity contribution >= 4 is 17.3 Å². The molecule has 2 N–H and O–H groups in total. The molecule has 2 unspecified atom stereocenters. The van der Waals surface area contributed by atoms with Gasteiger partial charge in [0.1, 0.15) is 13.2 Å². The molecule has 5 nitrogen and oxygen atoms in total. The van der Waals surface area contributed by atoms with Crippen LogP contribution in [0.1, 0.15) is 43.4 Å². The number of halogens is 4. The minimum Gasteiger partial charge on any atom is -0.379 e. The Morgan fingerprint density at radius 2 is 2.11 bits per heavy atom. The zero-order valence-corrected chi connectivity index (χ0v) is 20.4. The second kappa shape index (κ2) is 9.41. The Bertz CT molecular complexity index is 1080. The van der Waals surface area contributed by atoms with Gasteiger partial charge in [0.2, 0.25) is 11.9 Å². The molecule has 2 fully saturated rings. The summed E-state index contributed by atoms with van der Waals surface area (Å²) in [4.78, 5) is 13.7. The molecule has 3 aliphatic heterocycles. The first-order valence-electron chi connectivity index (χ1n) is 11.9. The number of hydrogen-bond donors (Lipinski definition) is 2. The van der Waals surface area contributed by atoms with Gasteiger partial charge in [-0.1, -0.05) is 24.8 Å². The highest BCUT2D eigenvalue weighted by Gasteiger charge is 2.46. The Kier molecular flexibility index (Phi) is 6.83. The maximum Gasteiger partial charge on any atom is 0.418 e. The molecule has 0 saturated carbocycles. The van der Waals surface area contributed by atoms with Crippen molar-refractivity contribution in [2.75, 3.05) is 32.5 Å². The number of rotatable bonds is 5. The summed E-state index contributed by atoms with van der Waals surface area (Å²) in [6, 6.07) is 3.70. The minimum absolute atomic E-state index is 0.0433. The summed E-state index contributed by atoms with van der Waals surface area (Å²) in [5, 5.41) is 6.22. The Labute approximate surface area is 203 Å². The van der Waals surface area contributed by atoms with E-state index in [0.717, 1.165) is 6.54 Å². The molecule has 0 aliphatic carbocycles. The van der Waals surface area contributed by atoms with Gasteiger partial charge in [-0.2, -0.15) is 13.2 Å². The van der Waals surface area contributed by atoms with Gasteiger partial charge in [0, 0.05) is 36.8 Å². The average molecular weight is 494 g/mol. The number of nitrogens with zero attached hydrogens (tertiary/aromatic N) is 2. The van der Waals surface area contributed by atoms with Crippen molar-refractivity contribution in [3.63, 3.8) is 0 Å². The molecule has 3 heterocycles. The highest BCUT2D eigenvalue weighted by atomic mass is 19.4. The summed E-state index contributed by atoms with van der Waals surface area (Å²) in [7, 11) is 3.51. The number of alkyl halides is 4. The SMILES string of the molecule is C=C(C1c2cccc(N[C@@H]3CCN(C)C[C@@H]3F)c2CC(/C=C/C2(C)CCC(=O)N2)=[N+]1C)C(F)(F)F. The fourth-order valence-electron chi connectivity index (χ4n) is 5.27. The number of anilines is 1. The van der Waals surface area contributed by atoms with E-state index >= 15 is 0 Å². The van der Waals surface area contributed by atoms with Gasteiger partial charge in [0.15, 0.2) is 5.71 Å². The largest absolute Gasteiger partial charge is 0.418 e. The third kappa shape index (κ3) is 5.29. The Balaban J connectivity index is 1.72. The van der Waals surface area contributed by atoms with Gasteiger partial charge in [-0.25, -0.2) is 8.97 Å². The van der Waals surface area contributed by atoms with Gasteiger partial charge in [-0.15, -0.1) is 0 Å². The van der Waals surface area contributed by atoms with Crippen molar-refractivity contribution in [3.05, 3.63) is 53.6 Å². The van der Waals surface area contributed by atoms with Crippen molar-refractivity contribution < 1.29 is 26.9 Å². The first-order chi connectivity index (χ1) is 16.4.